The molecule has 1 aliphatic heterocycles. The Balaban J connectivity index is 0.00000441. The van der Waals surface area contributed by atoms with E-state index in [4.69, 9.17) is 4.74 Å². The van der Waals surface area contributed by atoms with Crippen LogP contribution in [0.1, 0.15) is 13.8 Å². The van der Waals surface area contributed by atoms with Crippen molar-refractivity contribution in [2.24, 2.45) is 22.7 Å². The molecule has 0 aliphatic carbocycles. The molecule has 1 heterocycles. The van der Waals surface area contributed by atoms with Gasteiger partial charge in [-0.3, -0.25) is 14.6 Å². The van der Waals surface area contributed by atoms with E-state index in [9.17, 15) is 9.59 Å². The zero-order valence-corrected chi connectivity index (χ0v) is 16.1. The molecule has 1 N–H and O–H groups in total. The molecule has 1 fully saturated rings. The van der Waals surface area contributed by atoms with Crippen LogP contribution in [0.2, 0.25) is 0 Å². The molecule has 3 unspecified atom stereocenters. The number of aliphatic imine (C=N–C) groups is 1. The number of likely N-dealkylation sites (tertiary alicyclic amines) is 1. The van der Waals surface area contributed by atoms with Gasteiger partial charge >= 0.3 is 11.9 Å². The summed E-state index contributed by atoms with van der Waals surface area (Å²) in [6, 6.07) is 0. The maximum atomic E-state index is 11.7. The maximum absolute atomic E-state index is 11.7. The summed E-state index contributed by atoms with van der Waals surface area (Å²) in [5.41, 5.74) is 0. The summed E-state index contributed by atoms with van der Waals surface area (Å²) >= 11 is 0. The van der Waals surface area contributed by atoms with E-state index in [1.165, 1.54) is 14.2 Å². The Morgan fingerprint density at radius 2 is 1.95 bits per heavy atom. The van der Waals surface area contributed by atoms with E-state index in [2.05, 4.69) is 15.0 Å². The van der Waals surface area contributed by atoms with Gasteiger partial charge in [0.25, 0.3) is 0 Å². The van der Waals surface area contributed by atoms with Gasteiger partial charge in [-0.15, -0.1) is 24.0 Å². The second-order valence-electron chi connectivity index (χ2n) is 5.36. The van der Waals surface area contributed by atoms with Crippen LogP contribution in [0.4, 0.5) is 0 Å². The molecule has 7 nitrogen and oxygen atoms in total. The van der Waals surface area contributed by atoms with Crippen molar-refractivity contribution in [1.29, 1.82) is 0 Å². The second kappa shape index (κ2) is 9.86. The average Bonchev–Trinajstić information content (AvgIpc) is 2.87. The van der Waals surface area contributed by atoms with Crippen molar-refractivity contribution in [1.82, 2.24) is 10.2 Å². The van der Waals surface area contributed by atoms with Gasteiger partial charge in [-0.05, 0) is 5.92 Å². The van der Waals surface area contributed by atoms with Crippen molar-refractivity contribution >= 4 is 41.9 Å². The summed E-state index contributed by atoms with van der Waals surface area (Å²) < 4.78 is 9.51. The summed E-state index contributed by atoms with van der Waals surface area (Å²) in [5, 5.41) is 3.15. The van der Waals surface area contributed by atoms with Crippen molar-refractivity contribution in [3.8, 4) is 0 Å². The normalized spacial score (nSPS) is 22.6. The first-order chi connectivity index (χ1) is 9.94. The third-order valence-electron chi connectivity index (χ3n) is 3.80. The number of halogens is 1. The topological polar surface area (TPSA) is 80.2 Å². The van der Waals surface area contributed by atoms with E-state index in [0.717, 1.165) is 6.54 Å². The zero-order valence-electron chi connectivity index (χ0n) is 13.8. The number of carbonyl (C=O) groups excluding carboxylic acids is 2. The van der Waals surface area contributed by atoms with E-state index in [-0.39, 0.29) is 53.7 Å². The van der Waals surface area contributed by atoms with Gasteiger partial charge < -0.3 is 19.7 Å². The molecule has 22 heavy (non-hydrogen) atoms. The predicted octanol–water partition coefficient (Wildman–Crippen LogP) is 0.730. The number of ether oxygens (including phenoxy) is 2. The molecule has 1 rings (SSSR count). The van der Waals surface area contributed by atoms with Crippen LogP contribution in [0.25, 0.3) is 0 Å². The zero-order chi connectivity index (χ0) is 16.0. The third-order valence-corrected chi connectivity index (χ3v) is 3.80. The van der Waals surface area contributed by atoms with Gasteiger partial charge in [-0.2, -0.15) is 0 Å². The number of guanidine groups is 1. The second-order valence-corrected chi connectivity index (χ2v) is 5.36. The average molecular weight is 427 g/mol. The summed E-state index contributed by atoms with van der Waals surface area (Å²) in [5.74, 6) is 0.0244. The van der Waals surface area contributed by atoms with Gasteiger partial charge in [0.2, 0.25) is 0 Å². The molecule has 3 atom stereocenters. The lowest BCUT2D eigenvalue weighted by atomic mass is 9.99. The van der Waals surface area contributed by atoms with Gasteiger partial charge in [0.05, 0.1) is 26.1 Å². The lowest BCUT2D eigenvalue weighted by Crippen LogP contribution is -2.43. The molecule has 8 heteroatoms. The molecular weight excluding hydrogens is 401 g/mol. The Labute approximate surface area is 148 Å². The van der Waals surface area contributed by atoms with Crippen LogP contribution >= 0.6 is 24.0 Å². The number of carbonyl (C=O) groups is 2. The molecule has 128 valence electrons. The molecule has 0 amide bonds. The highest BCUT2D eigenvalue weighted by atomic mass is 127. The number of nitrogens with one attached hydrogen (secondary N) is 1. The quantitative estimate of drug-likeness (QED) is 0.309. The fourth-order valence-corrected chi connectivity index (χ4v) is 2.46. The van der Waals surface area contributed by atoms with Gasteiger partial charge in [-0.25, -0.2) is 0 Å². The van der Waals surface area contributed by atoms with E-state index in [1.54, 1.807) is 14.0 Å². The van der Waals surface area contributed by atoms with Gasteiger partial charge in [0.15, 0.2) is 5.96 Å². The van der Waals surface area contributed by atoms with Crippen molar-refractivity contribution in [2.75, 3.05) is 40.9 Å². The van der Waals surface area contributed by atoms with Crippen LogP contribution in [-0.2, 0) is 19.1 Å². The van der Waals surface area contributed by atoms with E-state index < -0.39 is 0 Å². The number of esters is 2. The largest absolute Gasteiger partial charge is 0.469 e. The maximum Gasteiger partial charge on any atom is 0.310 e. The standard InChI is InChI=1S/C14H25N3O4.HI/c1-9(12(18)20-4)6-16-14(15-3)17-7-10(2)11(8-17)13(19)21-5;/h9-11H,6-8H2,1-5H3,(H,15,16);1H. The summed E-state index contributed by atoms with van der Waals surface area (Å²) in [7, 11) is 4.46. The van der Waals surface area contributed by atoms with Crippen molar-refractivity contribution in [3.05, 3.63) is 0 Å². The highest BCUT2D eigenvalue weighted by Gasteiger charge is 2.36. The lowest BCUT2D eigenvalue weighted by Gasteiger charge is -2.22. The van der Waals surface area contributed by atoms with Crippen LogP contribution in [-0.4, -0.2) is 63.7 Å². The minimum Gasteiger partial charge on any atom is -0.469 e. The van der Waals surface area contributed by atoms with Crippen LogP contribution < -0.4 is 5.32 Å². The first kappa shape index (κ1) is 20.9. The minimum absolute atomic E-state index is 0. The smallest absolute Gasteiger partial charge is 0.310 e. The van der Waals surface area contributed by atoms with E-state index in [1.807, 2.05) is 11.8 Å². The van der Waals surface area contributed by atoms with Gasteiger partial charge in [-0.1, -0.05) is 13.8 Å². The highest BCUT2D eigenvalue weighted by molar-refractivity contribution is 14.0. The molecule has 1 saturated heterocycles. The van der Waals surface area contributed by atoms with Crippen LogP contribution in [0, 0.1) is 17.8 Å². The minimum atomic E-state index is -0.264. The van der Waals surface area contributed by atoms with Crippen LogP contribution in [0.3, 0.4) is 0 Å². The van der Waals surface area contributed by atoms with E-state index in [0.29, 0.717) is 19.0 Å². The number of hydrogen-bond donors (Lipinski definition) is 1. The SMILES string of the molecule is CN=C(NCC(C)C(=O)OC)N1CC(C)C(C(=O)OC)C1.I. The predicted molar refractivity (Wildman–Crippen MR) is 94.2 cm³/mol. The van der Waals surface area contributed by atoms with Crippen molar-refractivity contribution in [3.63, 3.8) is 0 Å². The van der Waals surface area contributed by atoms with Gasteiger partial charge in [0, 0.05) is 26.7 Å². The molecular formula is C14H26IN3O4. The van der Waals surface area contributed by atoms with Crippen LogP contribution in [0.15, 0.2) is 4.99 Å². The van der Waals surface area contributed by atoms with Gasteiger partial charge in [0.1, 0.15) is 0 Å². The molecule has 0 aromatic heterocycles. The first-order valence-electron chi connectivity index (χ1n) is 7.05. The number of methoxy groups -OCH3 is 2. The Morgan fingerprint density at radius 3 is 2.45 bits per heavy atom. The Hall–Kier alpha value is -1.06. The Bertz CT molecular complexity index is 417. The molecule has 0 saturated carbocycles. The molecule has 1 aliphatic rings. The summed E-state index contributed by atoms with van der Waals surface area (Å²) in [4.78, 5) is 29.3. The molecule has 0 bridgehead atoms. The molecule has 0 aromatic rings. The lowest BCUT2D eigenvalue weighted by molar-refractivity contribution is -0.146. The molecule has 0 radical (unpaired) electrons. The monoisotopic (exact) mass is 427 g/mol. The summed E-state index contributed by atoms with van der Waals surface area (Å²) in [6.45, 7) is 5.54. The number of rotatable bonds is 4. The van der Waals surface area contributed by atoms with Crippen molar-refractivity contribution < 1.29 is 19.1 Å². The summed E-state index contributed by atoms with van der Waals surface area (Å²) in [6.07, 6.45) is 0. The number of hydrogen-bond acceptors (Lipinski definition) is 5. The third kappa shape index (κ3) is 5.29. The fraction of sp³-hybridized carbons (Fsp3) is 0.786. The first-order valence-corrected chi connectivity index (χ1v) is 7.05. The Kier molecular flexibility index (Phi) is 9.38. The van der Waals surface area contributed by atoms with Crippen LogP contribution in [0.5, 0.6) is 0 Å². The molecule has 0 aromatic carbocycles. The molecule has 0 spiro atoms. The Morgan fingerprint density at radius 1 is 1.32 bits per heavy atom. The number of nitrogens with zero attached hydrogens (tertiary/aromatic N) is 2. The van der Waals surface area contributed by atoms with Crippen molar-refractivity contribution in [2.45, 2.75) is 13.8 Å². The van der Waals surface area contributed by atoms with E-state index >= 15 is 0 Å². The fourth-order valence-electron chi connectivity index (χ4n) is 2.46. The highest BCUT2D eigenvalue weighted by Crippen LogP contribution is 2.24.